The Hall–Kier alpha value is -1.27. The maximum Gasteiger partial charge on any atom is 0.177 e. The topological polar surface area (TPSA) is 69.6 Å². The third-order valence-electron chi connectivity index (χ3n) is 2.25. The Kier molecular flexibility index (Phi) is 3.02. The molecule has 16 heavy (non-hydrogen) atoms. The van der Waals surface area contributed by atoms with Crippen LogP contribution in [0.15, 0.2) is 5.38 Å². The molecule has 0 spiro atoms. The highest BCUT2D eigenvalue weighted by atomic mass is 32.1. The van der Waals surface area contributed by atoms with Gasteiger partial charge in [0.2, 0.25) is 0 Å². The van der Waals surface area contributed by atoms with Gasteiger partial charge in [-0.25, -0.2) is 14.6 Å². The Balaban J connectivity index is 2.39. The van der Waals surface area contributed by atoms with Crippen LogP contribution >= 0.6 is 11.3 Å². The number of hydrogen-bond acceptors (Lipinski definition) is 5. The number of aromatic nitrogens is 4. The van der Waals surface area contributed by atoms with Crippen LogP contribution < -0.4 is 5.73 Å². The molecule has 6 heteroatoms. The lowest BCUT2D eigenvalue weighted by molar-refractivity contribution is 0.711. The molecule has 0 aromatic carbocycles. The van der Waals surface area contributed by atoms with E-state index in [0.717, 1.165) is 22.4 Å². The fraction of sp³-hybridized carbons (Fsp3) is 0.500. The minimum absolute atomic E-state index is 0.326. The molecule has 86 valence electrons. The Morgan fingerprint density at radius 2 is 2.19 bits per heavy atom. The van der Waals surface area contributed by atoms with Gasteiger partial charge in [-0.15, -0.1) is 11.3 Å². The molecule has 5 nitrogen and oxygen atoms in total. The van der Waals surface area contributed by atoms with Gasteiger partial charge >= 0.3 is 0 Å². The lowest BCUT2D eigenvalue weighted by Gasteiger charge is -1.93. The fourth-order valence-electron chi connectivity index (χ4n) is 1.38. The van der Waals surface area contributed by atoms with Crippen molar-refractivity contribution >= 4 is 11.3 Å². The van der Waals surface area contributed by atoms with Gasteiger partial charge in [0.15, 0.2) is 11.6 Å². The third kappa shape index (κ3) is 1.98. The SMILES string of the molecule is CC(C)c1nc(-c2csc(CN)n2)n(C)n1. The predicted octanol–water partition coefficient (Wildman–Crippen LogP) is 1.52. The van der Waals surface area contributed by atoms with Gasteiger partial charge < -0.3 is 5.73 Å². The van der Waals surface area contributed by atoms with Crippen molar-refractivity contribution in [1.29, 1.82) is 0 Å². The van der Waals surface area contributed by atoms with E-state index in [-0.39, 0.29) is 0 Å². The molecule has 0 atom stereocenters. The van der Waals surface area contributed by atoms with E-state index in [1.807, 2.05) is 12.4 Å². The first-order chi connectivity index (χ1) is 7.61. The van der Waals surface area contributed by atoms with E-state index in [9.17, 15) is 0 Å². The highest BCUT2D eigenvalue weighted by Gasteiger charge is 2.14. The summed E-state index contributed by atoms with van der Waals surface area (Å²) in [7, 11) is 1.88. The van der Waals surface area contributed by atoms with Crippen LogP contribution in [0.5, 0.6) is 0 Å². The quantitative estimate of drug-likeness (QED) is 0.878. The molecule has 2 aromatic heterocycles. The predicted molar refractivity (Wildman–Crippen MR) is 64.1 cm³/mol. The minimum atomic E-state index is 0.326. The molecule has 2 heterocycles. The average Bonchev–Trinajstić information content (AvgIpc) is 2.83. The van der Waals surface area contributed by atoms with Gasteiger partial charge in [0, 0.05) is 24.9 Å². The number of aryl methyl sites for hydroxylation is 1. The Labute approximate surface area is 98.3 Å². The van der Waals surface area contributed by atoms with E-state index in [0.29, 0.717) is 12.5 Å². The molecule has 0 fully saturated rings. The monoisotopic (exact) mass is 237 g/mol. The van der Waals surface area contributed by atoms with Crippen LogP contribution in [0.3, 0.4) is 0 Å². The molecule has 0 unspecified atom stereocenters. The third-order valence-corrected chi connectivity index (χ3v) is 3.12. The van der Waals surface area contributed by atoms with Crippen molar-refractivity contribution in [2.45, 2.75) is 26.3 Å². The number of hydrogen-bond donors (Lipinski definition) is 1. The fourth-order valence-corrected chi connectivity index (χ4v) is 2.03. The molecule has 2 aromatic rings. The molecule has 0 aliphatic rings. The smallest absolute Gasteiger partial charge is 0.177 e. The Morgan fingerprint density at radius 3 is 2.69 bits per heavy atom. The molecule has 0 aliphatic carbocycles. The van der Waals surface area contributed by atoms with Gasteiger partial charge in [-0.2, -0.15) is 5.10 Å². The average molecular weight is 237 g/mol. The van der Waals surface area contributed by atoms with Gasteiger partial charge in [-0.05, 0) is 0 Å². The molecular formula is C10H15N5S. The summed E-state index contributed by atoms with van der Waals surface area (Å²) in [5, 5.41) is 7.25. The van der Waals surface area contributed by atoms with Gasteiger partial charge in [0.1, 0.15) is 10.7 Å². The lowest BCUT2D eigenvalue weighted by Crippen LogP contribution is -1.97. The molecule has 0 aliphatic heterocycles. The zero-order chi connectivity index (χ0) is 11.7. The number of rotatable bonds is 3. The largest absolute Gasteiger partial charge is 0.325 e. The number of nitrogens with zero attached hydrogens (tertiary/aromatic N) is 4. The minimum Gasteiger partial charge on any atom is -0.325 e. The lowest BCUT2D eigenvalue weighted by atomic mass is 10.2. The first-order valence-corrected chi connectivity index (χ1v) is 6.05. The molecule has 0 amide bonds. The van der Waals surface area contributed by atoms with E-state index in [4.69, 9.17) is 5.73 Å². The van der Waals surface area contributed by atoms with Gasteiger partial charge in [0.25, 0.3) is 0 Å². The van der Waals surface area contributed by atoms with Crippen molar-refractivity contribution in [2.75, 3.05) is 0 Å². The van der Waals surface area contributed by atoms with Crippen LogP contribution in [0.4, 0.5) is 0 Å². The van der Waals surface area contributed by atoms with Crippen LogP contribution in [-0.4, -0.2) is 19.7 Å². The number of thiazole rings is 1. The Bertz CT molecular complexity index is 485. The van der Waals surface area contributed by atoms with Gasteiger partial charge in [0.05, 0.1) is 0 Å². The summed E-state index contributed by atoms with van der Waals surface area (Å²) in [6.45, 7) is 4.62. The van der Waals surface area contributed by atoms with Crippen LogP contribution in [0.25, 0.3) is 11.5 Å². The van der Waals surface area contributed by atoms with Gasteiger partial charge in [-0.3, -0.25) is 0 Å². The highest BCUT2D eigenvalue weighted by molar-refractivity contribution is 7.09. The summed E-state index contributed by atoms with van der Waals surface area (Å²) < 4.78 is 1.77. The summed E-state index contributed by atoms with van der Waals surface area (Å²) in [6.07, 6.45) is 0. The summed E-state index contributed by atoms with van der Waals surface area (Å²) in [6, 6.07) is 0. The van der Waals surface area contributed by atoms with Crippen molar-refractivity contribution in [3.63, 3.8) is 0 Å². The van der Waals surface area contributed by atoms with E-state index in [1.165, 1.54) is 0 Å². The molecule has 2 rings (SSSR count). The van der Waals surface area contributed by atoms with E-state index in [1.54, 1.807) is 16.0 Å². The summed E-state index contributed by atoms with van der Waals surface area (Å²) >= 11 is 1.55. The number of nitrogens with two attached hydrogens (primary N) is 1. The standard InChI is InChI=1S/C10H15N5S/c1-6(2)9-13-10(15(3)14-9)7-5-16-8(4-11)12-7/h5-6H,4,11H2,1-3H3. The summed E-state index contributed by atoms with van der Waals surface area (Å²) in [5.41, 5.74) is 6.39. The van der Waals surface area contributed by atoms with E-state index < -0.39 is 0 Å². The first-order valence-electron chi connectivity index (χ1n) is 5.17. The van der Waals surface area contributed by atoms with Crippen molar-refractivity contribution in [3.8, 4) is 11.5 Å². The Morgan fingerprint density at radius 1 is 1.44 bits per heavy atom. The summed E-state index contributed by atoms with van der Waals surface area (Å²) in [4.78, 5) is 8.89. The zero-order valence-electron chi connectivity index (χ0n) is 9.64. The molecule has 0 radical (unpaired) electrons. The molecule has 0 saturated carbocycles. The van der Waals surface area contributed by atoms with Crippen LogP contribution in [0.2, 0.25) is 0 Å². The van der Waals surface area contributed by atoms with Crippen LogP contribution in [0.1, 0.15) is 30.6 Å². The van der Waals surface area contributed by atoms with Crippen molar-refractivity contribution < 1.29 is 0 Å². The van der Waals surface area contributed by atoms with Crippen LogP contribution in [-0.2, 0) is 13.6 Å². The maximum absolute atomic E-state index is 5.54. The van der Waals surface area contributed by atoms with E-state index in [2.05, 4.69) is 28.9 Å². The summed E-state index contributed by atoms with van der Waals surface area (Å²) in [5.74, 6) is 1.98. The second kappa shape index (κ2) is 4.31. The maximum atomic E-state index is 5.54. The highest BCUT2D eigenvalue weighted by Crippen LogP contribution is 2.21. The molecule has 2 N–H and O–H groups in total. The second-order valence-electron chi connectivity index (χ2n) is 3.90. The normalized spacial score (nSPS) is 11.3. The van der Waals surface area contributed by atoms with Gasteiger partial charge in [-0.1, -0.05) is 13.8 Å². The van der Waals surface area contributed by atoms with Crippen molar-refractivity contribution in [1.82, 2.24) is 19.7 Å². The van der Waals surface area contributed by atoms with Crippen LogP contribution in [0, 0.1) is 0 Å². The first kappa shape index (κ1) is 11.2. The van der Waals surface area contributed by atoms with Crippen molar-refractivity contribution in [2.24, 2.45) is 12.8 Å². The zero-order valence-corrected chi connectivity index (χ0v) is 10.5. The molecule has 0 saturated heterocycles. The van der Waals surface area contributed by atoms with Crippen molar-refractivity contribution in [3.05, 3.63) is 16.2 Å². The second-order valence-corrected chi connectivity index (χ2v) is 4.85. The molecule has 0 bridgehead atoms. The molecular weight excluding hydrogens is 222 g/mol. The van der Waals surface area contributed by atoms with E-state index >= 15 is 0 Å².